The molecule has 1 aromatic rings. The lowest BCUT2D eigenvalue weighted by Gasteiger charge is -2.27. The molecule has 0 aromatic carbocycles. The summed E-state index contributed by atoms with van der Waals surface area (Å²) in [5.41, 5.74) is 0.134. The molecule has 1 fully saturated rings. The largest absolute Gasteiger partial charge is 0.383 e. The van der Waals surface area contributed by atoms with Crippen LogP contribution in [0.5, 0.6) is 0 Å². The van der Waals surface area contributed by atoms with Gasteiger partial charge in [0.25, 0.3) is 0 Å². The second-order valence-corrected chi connectivity index (χ2v) is 6.40. The Morgan fingerprint density at radius 1 is 1.52 bits per heavy atom. The summed E-state index contributed by atoms with van der Waals surface area (Å²) in [4.78, 5) is 4.47. The van der Waals surface area contributed by atoms with Crippen LogP contribution in [0.1, 0.15) is 26.1 Å². The fourth-order valence-corrected chi connectivity index (χ4v) is 2.78. The van der Waals surface area contributed by atoms with E-state index in [0.717, 1.165) is 58.1 Å². The summed E-state index contributed by atoms with van der Waals surface area (Å²) in [6.07, 6.45) is 3.65. The van der Waals surface area contributed by atoms with E-state index in [4.69, 9.17) is 9.47 Å². The molecule has 0 aliphatic carbocycles. The average molecular weight is 296 g/mol. The number of nitrogens with zero attached hydrogens (tertiary/aromatic N) is 3. The number of hydrogen-bond donors (Lipinski definition) is 1. The summed E-state index contributed by atoms with van der Waals surface area (Å²) < 4.78 is 12.8. The van der Waals surface area contributed by atoms with Crippen LogP contribution in [0.4, 0.5) is 0 Å². The maximum absolute atomic E-state index is 5.66. The van der Waals surface area contributed by atoms with Gasteiger partial charge in [-0.2, -0.15) is 5.10 Å². The van der Waals surface area contributed by atoms with Crippen LogP contribution in [0.2, 0.25) is 0 Å². The minimum Gasteiger partial charge on any atom is -0.383 e. The van der Waals surface area contributed by atoms with Gasteiger partial charge < -0.3 is 14.8 Å². The van der Waals surface area contributed by atoms with Crippen molar-refractivity contribution in [2.75, 3.05) is 40.0 Å². The molecule has 1 atom stereocenters. The standard InChI is InChI=1S/C15H28N4O2/c1-13(2)9-19-14(17-12-18-19)8-15(4-6-21-11-15)10-16-5-7-20-3/h12-13,16H,4-11H2,1-3H3. The Hall–Kier alpha value is -0.980. The van der Waals surface area contributed by atoms with Gasteiger partial charge in [0.15, 0.2) is 0 Å². The monoisotopic (exact) mass is 296 g/mol. The zero-order chi connectivity index (χ0) is 15.1. The van der Waals surface area contributed by atoms with Crippen molar-refractivity contribution < 1.29 is 9.47 Å². The molecule has 2 rings (SSSR count). The third kappa shape index (κ3) is 4.76. The van der Waals surface area contributed by atoms with Crippen molar-refractivity contribution in [1.29, 1.82) is 0 Å². The molecule has 1 aromatic heterocycles. The molecular formula is C15H28N4O2. The van der Waals surface area contributed by atoms with Crippen LogP contribution in [-0.4, -0.2) is 54.8 Å². The normalized spacial score (nSPS) is 22.3. The summed E-state index contributed by atoms with van der Waals surface area (Å²) >= 11 is 0. The molecule has 0 bridgehead atoms. The Labute approximate surface area is 127 Å². The van der Waals surface area contributed by atoms with E-state index in [1.54, 1.807) is 13.4 Å². The van der Waals surface area contributed by atoms with Gasteiger partial charge in [-0.1, -0.05) is 13.8 Å². The molecule has 1 saturated heterocycles. The zero-order valence-corrected chi connectivity index (χ0v) is 13.5. The molecule has 6 nitrogen and oxygen atoms in total. The maximum atomic E-state index is 5.66. The highest BCUT2D eigenvalue weighted by atomic mass is 16.5. The Kier molecular flexibility index (Phi) is 6.14. The summed E-state index contributed by atoms with van der Waals surface area (Å²) in [5, 5.41) is 7.84. The third-order valence-electron chi connectivity index (χ3n) is 3.93. The summed E-state index contributed by atoms with van der Waals surface area (Å²) in [5.74, 6) is 1.64. The molecule has 0 radical (unpaired) electrons. The first-order valence-electron chi connectivity index (χ1n) is 7.79. The minimum absolute atomic E-state index is 0.134. The molecule has 120 valence electrons. The van der Waals surface area contributed by atoms with Crippen molar-refractivity contribution in [3.05, 3.63) is 12.2 Å². The molecule has 1 aliphatic rings. The fourth-order valence-electron chi connectivity index (χ4n) is 2.78. The van der Waals surface area contributed by atoms with Gasteiger partial charge in [0, 0.05) is 45.2 Å². The summed E-state index contributed by atoms with van der Waals surface area (Å²) in [6.45, 7) is 9.50. The number of hydrogen-bond acceptors (Lipinski definition) is 5. The predicted molar refractivity (Wildman–Crippen MR) is 81.2 cm³/mol. The van der Waals surface area contributed by atoms with Crippen molar-refractivity contribution in [2.24, 2.45) is 11.3 Å². The molecule has 21 heavy (non-hydrogen) atoms. The van der Waals surface area contributed by atoms with Crippen molar-refractivity contribution in [3.63, 3.8) is 0 Å². The van der Waals surface area contributed by atoms with E-state index in [0.29, 0.717) is 5.92 Å². The summed E-state index contributed by atoms with van der Waals surface area (Å²) in [6, 6.07) is 0. The Morgan fingerprint density at radius 3 is 3.05 bits per heavy atom. The van der Waals surface area contributed by atoms with Gasteiger partial charge in [0.05, 0.1) is 13.2 Å². The van der Waals surface area contributed by atoms with Gasteiger partial charge in [-0.3, -0.25) is 0 Å². The van der Waals surface area contributed by atoms with E-state index in [1.807, 2.05) is 4.68 Å². The second-order valence-electron chi connectivity index (χ2n) is 6.40. The second kappa shape index (κ2) is 7.87. The average Bonchev–Trinajstić information content (AvgIpc) is 3.06. The smallest absolute Gasteiger partial charge is 0.138 e. The van der Waals surface area contributed by atoms with Crippen LogP contribution < -0.4 is 5.32 Å². The van der Waals surface area contributed by atoms with E-state index in [9.17, 15) is 0 Å². The van der Waals surface area contributed by atoms with E-state index >= 15 is 0 Å². The van der Waals surface area contributed by atoms with E-state index in [2.05, 4.69) is 29.2 Å². The van der Waals surface area contributed by atoms with Gasteiger partial charge in [-0.05, 0) is 12.3 Å². The van der Waals surface area contributed by atoms with E-state index in [1.165, 1.54) is 0 Å². The first-order valence-corrected chi connectivity index (χ1v) is 7.79. The van der Waals surface area contributed by atoms with Gasteiger partial charge in [0.2, 0.25) is 0 Å². The molecule has 1 N–H and O–H groups in total. The van der Waals surface area contributed by atoms with Crippen molar-refractivity contribution in [3.8, 4) is 0 Å². The van der Waals surface area contributed by atoms with E-state index < -0.39 is 0 Å². The number of rotatable bonds is 9. The topological polar surface area (TPSA) is 61.2 Å². The first kappa shape index (κ1) is 16.4. The zero-order valence-electron chi connectivity index (χ0n) is 13.5. The molecule has 1 aliphatic heterocycles. The van der Waals surface area contributed by atoms with E-state index in [-0.39, 0.29) is 5.41 Å². The molecule has 6 heteroatoms. The SMILES string of the molecule is COCCNCC1(Cc2ncnn2CC(C)C)CCOC1. The van der Waals surface area contributed by atoms with Crippen LogP contribution in [0, 0.1) is 11.3 Å². The number of aromatic nitrogens is 3. The highest BCUT2D eigenvalue weighted by Gasteiger charge is 2.36. The molecule has 0 spiro atoms. The molecule has 1 unspecified atom stereocenters. The highest BCUT2D eigenvalue weighted by molar-refractivity contribution is 4.97. The Bertz CT molecular complexity index is 414. The Balaban J connectivity index is 1.97. The minimum atomic E-state index is 0.134. The quantitative estimate of drug-likeness (QED) is 0.692. The van der Waals surface area contributed by atoms with Crippen LogP contribution in [0.25, 0.3) is 0 Å². The lowest BCUT2D eigenvalue weighted by Crippen LogP contribution is -2.38. The number of methoxy groups -OCH3 is 1. The maximum Gasteiger partial charge on any atom is 0.138 e. The Morgan fingerprint density at radius 2 is 2.38 bits per heavy atom. The lowest BCUT2D eigenvalue weighted by atomic mass is 9.83. The molecule has 0 amide bonds. The van der Waals surface area contributed by atoms with Gasteiger partial charge in [-0.15, -0.1) is 0 Å². The van der Waals surface area contributed by atoms with Crippen molar-refractivity contribution >= 4 is 0 Å². The van der Waals surface area contributed by atoms with Crippen molar-refractivity contribution in [2.45, 2.75) is 33.2 Å². The molecule has 0 saturated carbocycles. The molecular weight excluding hydrogens is 268 g/mol. The number of ether oxygens (including phenoxy) is 2. The van der Waals surface area contributed by atoms with Gasteiger partial charge in [-0.25, -0.2) is 9.67 Å². The van der Waals surface area contributed by atoms with Crippen LogP contribution in [0.3, 0.4) is 0 Å². The van der Waals surface area contributed by atoms with Crippen LogP contribution in [0.15, 0.2) is 6.33 Å². The fraction of sp³-hybridized carbons (Fsp3) is 0.867. The van der Waals surface area contributed by atoms with Crippen LogP contribution >= 0.6 is 0 Å². The molecule has 2 heterocycles. The third-order valence-corrected chi connectivity index (χ3v) is 3.93. The lowest BCUT2D eigenvalue weighted by molar-refractivity contribution is 0.142. The highest BCUT2D eigenvalue weighted by Crippen LogP contribution is 2.31. The summed E-state index contributed by atoms with van der Waals surface area (Å²) in [7, 11) is 1.73. The number of nitrogens with one attached hydrogen (secondary N) is 1. The van der Waals surface area contributed by atoms with Gasteiger partial charge in [0.1, 0.15) is 12.2 Å². The van der Waals surface area contributed by atoms with Crippen LogP contribution in [-0.2, 0) is 22.4 Å². The predicted octanol–water partition coefficient (Wildman–Crippen LogP) is 1.12. The first-order chi connectivity index (χ1) is 10.2. The van der Waals surface area contributed by atoms with Gasteiger partial charge >= 0.3 is 0 Å². The van der Waals surface area contributed by atoms with Crippen molar-refractivity contribution in [1.82, 2.24) is 20.1 Å².